The topological polar surface area (TPSA) is 56.5 Å². The highest BCUT2D eigenvalue weighted by Gasteiger charge is 2.08. The molecule has 1 aromatic heterocycles. The molecule has 0 spiro atoms. The SMILES string of the molecule is COc1cc2sc(=O)oc2cc1C=O. The van der Waals surface area contributed by atoms with Crippen molar-refractivity contribution in [1.82, 2.24) is 0 Å². The van der Waals surface area contributed by atoms with Crippen molar-refractivity contribution in [3.8, 4) is 5.75 Å². The average Bonchev–Trinajstić information content (AvgIpc) is 2.54. The number of ether oxygens (including phenoxy) is 1. The minimum atomic E-state index is -0.384. The quantitative estimate of drug-likeness (QED) is 0.707. The van der Waals surface area contributed by atoms with E-state index >= 15 is 0 Å². The van der Waals surface area contributed by atoms with Crippen LogP contribution in [0.15, 0.2) is 21.3 Å². The second-order valence-electron chi connectivity index (χ2n) is 2.61. The molecule has 0 N–H and O–H groups in total. The smallest absolute Gasteiger partial charge is 0.396 e. The lowest BCUT2D eigenvalue weighted by Crippen LogP contribution is -1.89. The molecule has 0 bridgehead atoms. The molecule has 0 aliphatic rings. The Morgan fingerprint density at radius 2 is 2.29 bits per heavy atom. The van der Waals surface area contributed by atoms with Crippen LogP contribution in [-0.2, 0) is 0 Å². The fourth-order valence-corrected chi connectivity index (χ4v) is 1.86. The molecule has 4 nitrogen and oxygen atoms in total. The lowest BCUT2D eigenvalue weighted by molar-refractivity contribution is 0.112. The standard InChI is InChI=1S/C9H6O4S/c1-12-6-3-8-7(2-5(6)4-10)13-9(11)14-8/h2-4H,1H3. The molecule has 0 fully saturated rings. The highest BCUT2D eigenvalue weighted by molar-refractivity contribution is 7.16. The molecule has 0 saturated heterocycles. The molecule has 1 aromatic carbocycles. The fourth-order valence-electron chi connectivity index (χ4n) is 1.19. The average molecular weight is 210 g/mol. The number of aldehydes is 1. The molecule has 0 atom stereocenters. The molecular formula is C9H6O4S. The third-order valence-electron chi connectivity index (χ3n) is 1.81. The van der Waals surface area contributed by atoms with E-state index < -0.39 is 0 Å². The largest absolute Gasteiger partial charge is 0.496 e. The van der Waals surface area contributed by atoms with Crippen LogP contribution in [0, 0.1) is 0 Å². The minimum absolute atomic E-state index is 0.376. The lowest BCUT2D eigenvalue weighted by atomic mass is 10.2. The maximum absolute atomic E-state index is 10.9. The Balaban J connectivity index is 2.80. The summed E-state index contributed by atoms with van der Waals surface area (Å²) in [6.45, 7) is 0. The van der Waals surface area contributed by atoms with Crippen LogP contribution in [0.2, 0.25) is 0 Å². The number of hydrogen-bond acceptors (Lipinski definition) is 5. The zero-order chi connectivity index (χ0) is 10.1. The van der Waals surface area contributed by atoms with Gasteiger partial charge in [-0.1, -0.05) is 11.3 Å². The predicted molar refractivity (Wildman–Crippen MR) is 52.3 cm³/mol. The second-order valence-corrected chi connectivity index (χ2v) is 3.59. The van der Waals surface area contributed by atoms with Gasteiger partial charge in [0.15, 0.2) is 6.29 Å². The number of methoxy groups -OCH3 is 1. The van der Waals surface area contributed by atoms with Crippen molar-refractivity contribution < 1.29 is 13.9 Å². The van der Waals surface area contributed by atoms with Crippen LogP contribution in [-0.4, -0.2) is 13.4 Å². The number of rotatable bonds is 2. The molecule has 0 amide bonds. The highest BCUT2D eigenvalue weighted by Crippen LogP contribution is 2.26. The van der Waals surface area contributed by atoms with Gasteiger partial charge in [0.2, 0.25) is 0 Å². The van der Waals surface area contributed by atoms with Gasteiger partial charge in [-0.3, -0.25) is 4.79 Å². The number of hydrogen-bond donors (Lipinski definition) is 0. The Hall–Kier alpha value is -1.62. The van der Waals surface area contributed by atoms with Crippen molar-refractivity contribution in [2.45, 2.75) is 0 Å². The predicted octanol–water partition coefficient (Wildman–Crippen LogP) is 1.68. The fraction of sp³-hybridized carbons (Fsp3) is 0.111. The summed E-state index contributed by atoms with van der Waals surface area (Å²) in [4.78, 5) is 21.2. The molecule has 0 radical (unpaired) electrons. The summed E-state index contributed by atoms with van der Waals surface area (Å²) in [5.74, 6) is 0.449. The van der Waals surface area contributed by atoms with Gasteiger partial charge in [-0.2, -0.15) is 0 Å². The first kappa shape index (κ1) is 8.96. The van der Waals surface area contributed by atoms with E-state index in [0.717, 1.165) is 11.3 Å². The summed E-state index contributed by atoms with van der Waals surface area (Å²) >= 11 is 0.983. The second kappa shape index (κ2) is 3.26. The van der Waals surface area contributed by atoms with E-state index in [-0.39, 0.29) is 4.94 Å². The van der Waals surface area contributed by atoms with Gasteiger partial charge in [0, 0.05) is 6.07 Å². The summed E-state index contributed by atoms with van der Waals surface area (Å²) in [7, 11) is 1.47. The molecule has 1 heterocycles. The van der Waals surface area contributed by atoms with Crippen molar-refractivity contribution in [1.29, 1.82) is 0 Å². The number of carbonyl (C=O) groups is 1. The summed E-state index contributed by atoms with van der Waals surface area (Å²) < 4.78 is 10.5. The number of carbonyl (C=O) groups excluding carboxylic acids is 1. The lowest BCUT2D eigenvalue weighted by Gasteiger charge is -2.01. The highest BCUT2D eigenvalue weighted by atomic mass is 32.1. The summed E-state index contributed by atoms with van der Waals surface area (Å²) in [6, 6.07) is 3.12. The molecule has 5 heteroatoms. The van der Waals surface area contributed by atoms with Crippen LogP contribution < -0.4 is 9.68 Å². The first-order valence-electron chi connectivity index (χ1n) is 3.81. The van der Waals surface area contributed by atoms with Gasteiger partial charge in [-0.25, -0.2) is 4.79 Å². The van der Waals surface area contributed by atoms with Gasteiger partial charge in [0.25, 0.3) is 0 Å². The first-order valence-corrected chi connectivity index (χ1v) is 4.63. The summed E-state index contributed by atoms with van der Waals surface area (Å²) in [6.07, 6.45) is 0.663. The van der Waals surface area contributed by atoms with Crippen molar-refractivity contribution in [2.24, 2.45) is 0 Å². The first-order chi connectivity index (χ1) is 6.74. The van der Waals surface area contributed by atoms with Crippen LogP contribution in [0.1, 0.15) is 10.4 Å². The van der Waals surface area contributed by atoms with Crippen LogP contribution in [0.3, 0.4) is 0 Å². The maximum Gasteiger partial charge on any atom is 0.396 e. The Morgan fingerprint density at radius 3 is 2.93 bits per heavy atom. The van der Waals surface area contributed by atoms with E-state index in [1.54, 1.807) is 6.07 Å². The molecule has 2 aromatic rings. The third kappa shape index (κ3) is 1.31. The third-order valence-corrected chi connectivity index (χ3v) is 2.60. The van der Waals surface area contributed by atoms with Gasteiger partial charge in [0.05, 0.1) is 17.4 Å². The number of fused-ring (bicyclic) bond motifs is 1. The van der Waals surface area contributed by atoms with Crippen molar-refractivity contribution in [2.75, 3.05) is 7.11 Å². The normalized spacial score (nSPS) is 10.4. The molecule has 0 aliphatic carbocycles. The van der Waals surface area contributed by atoms with E-state index in [1.165, 1.54) is 13.2 Å². The molecular weight excluding hydrogens is 204 g/mol. The van der Waals surface area contributed by atoms with Crippen LogP contribution in [0.25, 0.3) is 10.3 Å². The van der Waals surface area contributed by atoms with Crippen molar-refractivity contribution in [3.05, 3.63) is 27.4 Å². The summed E-state index contributed by atoms with van der Waals surface area (Å²) in [5, 5.41) is 0. The monoisotopic (exact) mass is 210 g/mol. The van der Waals surface area contributed by atoms with Crippen molar-refractivity contribution >= 4 is 27.9 Å². The van der Waals surface area contributed by atoms with E-state index in [1.807, 2.05) is 0 Å². The molecule has 2 rings (SSSR count). The van der Waals surface area contributed by atoms with Crippen molar-refractivity contribution in [3.63, 3.8) is 0 Å². The molecule has 0 saturated carbocycles. The molecule has 14 heavy (non-hydrogen) atoms. The Bertz CT molecular complexity index is 537. The van der Waals surface area contributed by atoms with Gasteiger partial charge in [0.1, 0.15) is 11.3 Å². The summed E-state index contributed by atoms with van der Waals surface area (Å²) in [5.41, 5.74) is 0.796. The van der Waals surface area contributed by atoms with Gasteiger partial charge < -0.3 is 9.15 Å². The van der Waals surface area contributed by atoms with Crippen LogP contribution in [0.5, 0.6) is 5.75 Å². The molecule has 72 valence electrons. The minimum Gasteiger partial charge on any atom is -0.496 e. The maximum atomic E-state index is 10.9. The van der Waals surface area contributed by atoms with E-state index in [9.17, 15) is 9.59 Å². The molecule has 0 unspecified atom stereocenters. The van der Waals surface area contributed by atoms with E-state index in [4.69, 9.17) is 9.15 Å². The zero-order valence-corrected chi connectivity index (χ0v) is 8.09. The molecule has 0 aliphatic heterocycles. The Labute approximate surface area is 82.7 Å². The van der Waals surface area contributed by atoms with Gasteiger partial charge >= 0.3 is 4.94 Å². The van der Waals surface area contributed by atoms with E-state index in [0.29, 0.717) is 27.9 Å². The van der Waals surface area contributed by atoms with Gasteiger partial charge in [-0.05, 0) is 6.07 Å². The van der Waals surface area contributed by atoms with E-state index in [2.05, 4.69) is 0 Å². The van der Waals surface area contributed by atoms with Gasteiger partial charge in [-0.15, -0.1) is 0 Å². The van der Waals surface area contributed by atoms with Crippen LogP contribution in [0.4, 0.5) is 0 Å². The Morgan fingerprint density at radius 1 is 1.50 bits per heavy atom. The zero-order valence-electron chi connectivity index (χ0n) is 7.27. The number of benzene rings is 1. The van der Waals surface area contributed by atoms with Crippen LogP contribution >= 0.6 is 11.3 Å². The Kier molecular flexibility index (Phi) is 2.09.